The molecule has 0 unspecified atom stereocenters. The summed E-state index contributed by atoms with van der Waals surface area (Å²) >= 11 is 0. The molecule has 6 aromatic rings. The highest BCUT2D eigenvalue weighted by Gasteiger charge is 2.40. The van der Waals surface area contributed by atoms with Crippen molar-refractivity contribution in [2.24, 2.45) is 11.7 Å². The van der Waals surface area contributed by atoms with Gasteiger partial charge in [0.15, 0.2) is 0 Å². The zero-order valence-corrected chi connectivity index (χ0v) is 45.2. The molecular formula is C61H71N9O10. The summed E-state index contributed by atoms with van der Waals surface area (Å²) in [5.74, 6) is -5.14. The molecule has 19 nitrogen and oxygen atoms in total. The highest BCUT2D eigenvalue weighted by Crippen LogP contribution is 2.23. The van der Waals surface area contributed by atoms with Gasteiger partial charge in [-0.15, -0.1) is 0 Å². The highest BCUT2D eigenvalue weighted by atomic mass is 16.5. The standard InChI is InChI=1S/C61H71N9O10/c1-38(2)30-49(57(75)69-52(61(79)80-37-43-20-11-6-12-21-43)34-44-35-63-48-23-14-13-22-46(44)48)67-59(77)53-24-15-29-70(53)60(78)51(33-41-18-9-5-10-19-41)68-58(76)50(32-40-16-7-4-8-17-40)66-54(72)36-64-55(73)39(3)65-56(74)47(62)31-42-25-27-45(71)28-26-42/h4-14,16-23,25-28,35,38-39,47,49-53,63,71H,15,24,29-34,36-37,62H2,1-3H3,(H,64,73)(H,65,74)(H,66,72)(H,67,77)(H,68,76)(H,69,75)/t39-,47+,49+,50+,51+,52+,53+/m1/s1. The van der Waals surface area contributed by atoms with Gasteiger partial charge in [-0.05, 0) is 84.5 Å². The van der Waals surface area contributed by atoms with Crippen molar-refractivity contribution in [3.63, 3.8) is 0 Å². The van der Waals surface area contributed by atoms with E-state index in [0.29, 0.717) is 23.1 Å². The van der Waals surface area contributed by atoms with Crippen molar-refractivity contribution in [2.45, 2.75) is 115 Å². The van der Waals surface area contributed by atoms with E-state index in [1.165, 1.54) is 24.0 Å². The minimum absolute atomic E-state index is 0.00538. The molecule has 1 fully saturated rings. The Morgan fingerprint density at radius 1 is 0.613 bits per heavy atom. The van der Waals surface area contributed by atoms with Gasteiger partial charge < -0.3 is 57.4 Å². The van der Waals surface area contributed by atoms with Crippen LogP contribution in [0.25, 0.3) is 10.9 Å². The van der Waals surface area contributed by atoms with Gasteiger partial charge in [0, 0.05) is 42.9 Å². The topological polar surface area (TPSA) is 283 Å². The van der Waals surface area contributed by atoms with Crippen LogP contribution in [0, 0.1) is 5.92 Å². The molecule has 1 saturated heterocycles. The van der Waals surface area contributed by atoms with E-state index in [0.717, 1.165) is 22.0 Å². The largest absolute Gasteiger partial charge is 0.508 e. The third kappa shape index (κ3) is 17.1. The minimum Gasteiger partial charge on any atom is -0.508 e. The van der Waals surface area contributed by atoms with Crippen LogP contribution in [0.2, 0.25) is 0 Å². The molecular weight excluding hydrogens is 1020 g/mol. The summed E-state index contributed by atoms with van der Waals surface area (Å²) < 4.78 is 5.75. The molecule has 420 valence electrons. The molecule has 7 rings (SSSR count). The van der Waals surface area contributed by atoms with E-state index in [-0.39, 0.29) is 63.3 Å². The number of fused-ring (bicyclic) bond motifs is 1. The van der Waals surface area contributed by atoms with Crippen LogP contribution in [0.5, 0.6) is 5.75 Å². The SMILES string of the molecule is CC(C)C[C@H](NC(=O)[C@@H]1CCCN1C(=O)[C@H](Cc1ccccc1)NC(=O)[C@H](Cc1ccccc1)NC(=O)CNC(=O)[C@@H](C)NC(=O)[C@@H](N)Cc1ccc(O)cc1)C(=O)N[C@@H](Cc1c[nH]c2ccccc12)C(=O)OCc1ccccc1. The van der Waals surface area contributed by atoms with Gasteiger partial charge in [0.25, 0.3) is 0 Å². The first-order valence-electron chi connectivity index (χ1n) is 27.0. The Bertz CT molecular complexity index is 3070. The molecule has 2 heterocycles. The number of aromatic hydroxyl groups is 1. The Morgan fingerprint density at radius 2 is 1.19 bits per heavy atom. The van der Waals surface area contributed by atoms with E-state index in [2.05, 4.69) is 36.9 Å². The molecule has 10 N–H and O–H groups in total. The number of phenolic OH excluding ortho intramolecular Hbond substituents is 1. The summed E-state index contributed by atoms with van der Waals surface area (Å²) in [7, 11) is 0. The number of likely N-dealkylation sites (tertiary alicyclic amines) is 1. The third-order valence-electron chi connectivity index (χ3n) is 13.8. The number of nitrogens with two attached hydrogens (primary N) is 1. The van der Waals surface area contributed by atoms with Gasteiger partial charge in [-0.2, -0.15) is 0 Å². The lowest BCUT2D eigenvalue weighted by atomic mass is 10.00. The number of carbonyl (C=O) groups excluding carboxylic acids is 8. The molecule has 5 aromatic carbocycles. The predicted molar refractivity (Wildman–Crippen MR) is 301 cm³/mol. The second kappa shape index (κ2) is 28.7. The van der Waals surface area contributed by atoms with Gasteiger partial charge in [-0.1, -0.05) is 135 Å². The van der Waals surface area contributed by atoms with E-state index in [1.54, 1.807) is 72.9 Å². The van der Waals surface area contributed by atoms with Gasteiger partial charge in [0.1, 0.15) is 48.6 Å². The second-order valence-corrected chi connectivity index (χ2v) is 20.6. The quantitative estimate of drug-likeness (QED) is 0.0352. The number of nitrogens with one attached hydrogen (secondary N) is 7. The number of hydrogen-bond acceptors (Lipinski definition) is 11. The van der Waals surface area contributed by atoms with Crippen molar-refractivity contribution < 1.29 is 48.2 Å². The van der Waals surface area contributed by atoms with E-state index in [1.807, 2.05) is 74.5 Å². The molecule has 80 heavy (non-hydrogen) atoms. The smallest absolute Gasteiger partial charge is 0.329 e. The Hall–Kier alpha value is -8.84. The van der Waals surface area contributed by atoms with Crippen molar-refractivity contribution in [2.75, 3.05) is 13.1 Å². The first-order valence-corrected chi connectivity index (χ1v) is 27.0. The molecule has 1 aliphatic rings. The van der Waals surface area contributed by atoms with Gasteiger partial charge in [-0.3, -0.25) is 33.6 Å². The summed E-state index contributed by atoms with van der Waals surface area (Å²) in [6.45, 7) is 4.83. The van der Waals surface area contributed by atoms with Crippen LogP contribution in [-0.4, -0.2) is 118 Å². The molecule has 1 aliphatic heterocycles. The summed E-state index contributed by atoms with van der Waals surface area (Å²) in [5.41, 5.74) is 10.6. The molecule has 0 spiro atoms. The number of esters is 1. The van der Waals surface area contributed by atoms with Crippen molar-refractivity contribution in [3.8, 4) is 5.75 Å². The van der Waals surface area contributed by atoms with Crippen molar-refractivity contribution in [3.05, 3.63) is 174 Å². The maximum Gasteiger partial charge on any atom is 0.329 e. The Labute approximate surface area is 465 Å². The van der Waals surface area contributed by atoms with E-state index in [9.17, 15) is 43.5 Å². The number of hydrogen-bond donors (Lipinski definition) is 9. The van der Waals surface area contributed by atoms with Gasteiger partial charge in [0.05, 0.1) is 12.6 Å². The predicted octanol–water partition coefficient (Wildman–Crippen LogP) is 3.81. The van der Waals surface area contributed by atoms with Crippen LogP contribution in [0.4, 0.5) is 0 Å². The van der Waals surface area contributed by atoms with Crippen LogP contribution in [0.1, 0.15) is 67.9 Å². The average molecular weight is 1090 g/mol. The fourth-order valence-electron chi connectivity index (χ4n) is 9.60. The average Bonchev–Trinajstić information content (AvgIpc) is 4.14. The van der Waals surface area contributed by atoms with Crippen molar-refractivity contribution >= 4 is 58.2 Å². The number of H-pyrrole nitrogens is 1. The van der Waals surface area contributed by atoms with E-state index < -0.39 is 96.2 Å². The Balaban J connectivity index is 1.03. The maximum absolute atomic E-state index is 14.9. The first-order chi connectivity index (χ1) is 38.5. The molecule has 19 heteroatoms. The van der Waals surface area contributed by atoms with E-state index >= 15 is 0 Å². The van der Waals surface area contributed by atoms with E-state index in [4.69, 9.17) is 10.5 Å². The maximum atomic E-state index is 14.9. The summed E-state index contributed by atoms with van der Waals surface area (Å²) in [5, 5.41) is 26.9. The number of benzene rings is 5. The lowest BCUT2D eigenvalue weighted by molar-refractivity contribution is -0.149. The summed E-state index contributed by atoms with van der Waals surface area (Å²) in [4.78, 5) is 116. The van der Waals surface area contributed by atoms with Gasteiger partial charge >= 0.3 is 5.97 Å². The monoisotopic (exact) mass is 1090 g/mol. The minimum atomic E-state index is -1.24. The highest BCUT2D eigenvalue weighted by molar-refractivity contribution is 5.97. The molecule has 0 saturated carbocycles. The fourth-order valence-corrected chi connectivity index (χ4v) is 9.60. The third-order valence-corrected chi connectivity index (χ3v) is 13.8. The molecule has 7 atom stereocenters. The van der Waals surface area contributed by atoms with Gasteiger partial charge in [0.2, 0.25) is 41.4 Å². The van der Waals surface area contributed by atoms with Crippen LogP contribution in [0.3, 0.4) is 0 Å². The normalized spacial score (nSPS) is 15.3. The Kier molecular flexibility index (Phi) is 21.1. The number of ether oxygens (including phenoxy) is 1. The Morgan fingerprint density at radius 3 is 1.84 bits per heavy atom. The summed E-state index contributed by atoms with van der Waals surface area (Å²) in [6, 6.07) is 33.1. The number of aromatic nitrogens is 1. The molecule has 7 amide bonds. The number of aromatic amines is 1. The number of nitrogens with zero attached hydrogens (tertiary/aromatic N) is 1. The fraction of sp³-hybridized carbons (Fsp3) is 0.344. The van der Waals surface area contributed by atoms with Gasteiger partial charge in [-0.25, -0.2) is 4.79 Å². The number of rotatable bonds is 26. The van der Waals surface area contributed by atoms with Crippen molar-refractivity contribution in [1.82, 2.24) is 41.8 Å². The summed E-state index contributed by atoms with van der Waals surface area (Å²) in [6.07, 6.45) is 2.98. The molecule has 0 aliphatic carbocycles. The molecule has 0 bridgehead atoms. The lowest BCUT2D eigenvalue weighted by Crippen LogP contribution is -2.59. The van der Waals surface area contributed by atoms with Crippen LogP contribution >= 0.6 is 0 Å². The van der Waals surface area contributed by atoms with Crippen molar-refractivity contribution in [1.29, 1.82) is 0 Å². The second-order valence-electron chi connectivity index (χ2n) is 20.6. The van der Waals surface area contributed by atoms with Crippen LogP contribution < -0.4 is 37.6 Å². The number of amides is 7. The molecule has 1 aromatic heterocycles. The molecule has 0 radical (unpaired) electrons. The zero-order chi connectivity index (χ0) is 57.1. The lowest BCUT2D eigenvalue weighted by Gasteiger charge is -2.31. The van der Waals surface area contributed by atoms with Crippen LogP contribution in [-0.2, 0) is 75.4 Å². The van der Waals surface area contributed by atoms with Crippen LogP contribution in [0.15, 0.2) is 146 Å². The number of carbonyl (C=O) groups is 8. The number of para-hydroxylation sites is 1. The first kappa shape index (κ1) is 58.8. The zero-order valence-electron chi connectivity index (χ0n) is 45.2. The number of phenols is 1.